The van der Waals surface area contributed by atoms with Crippen LogP contribution in [0.1, 0.15) is 16.8 Å². The quantitative estimate of drug-likeness (QED) is 0.719. The summed E-state index contributed by atoms with van der Waals surface area (Å²) in [6.07, 6.45) is 1.75. The summed E-state index contributed by atoms with van der Waals surface area (Å²) in [6, 6.07) is 11.0. The molecule has 0 bridgehead atoms. The first-order valence-corrected chi connectivity index (χ1v) is 8.68. The van der Waals surface area contributed by atoms with Gasteiger partial charge in [0, 0.05) is 37.2 Å². The van der Waals surface area contributed by atoms with Crippen molar-refractivity contribution in [2.75, 3.05) is 6.54 Å². The zero-order valence-corrected chi connectivity index (χ0v) is 14.6. The number of rotatable bonds is 3. The fourth-order valence-electron chi connectivity index (χ4n) is 3.16. The predicted octanol–water partition coefficient (Wildman–Crippen LogP) is 3.18. The Bertz CT molecular complexity index is 1010. The highest BCUT2D eigenvalue weighted by Gasteiger charge is 2.22. The highest BCUT2D eigenvalue weighted by atomic mass is 35.5. The number of aromatic amines is 1. The van der Waals surface area contributed by atoms with Gasteiger partial charge in [-0.1, -0.05) is 41.9 Å². The maximum absolute atomic E-state index is 13.4. The van der Waals surface area contributed by atoms with E-state index in [1.807, 2.05) is 35.2 Å². The molecule has 7 heteroatoms. The molecule has 0 atom stereocenters. The molecular formula is C19H16ClFN4O. The maximum Gasteiger partial charge on any atom is 0.255 e. The van der Waals surface area contributed by atoms with Gasteiger partial charge in [-0.05, 0) is 6.07 Å². The normalized spacial score (nSPS) is 14.2. The summed E-state index contributed by atoms with van der Waals surface area (Å²) >= 11 is 6.05. The monoisotopic (exact) mass is 370 g/mol. The van der Waals surface area contributed by atoms with Gasteiger partial charge in [0.1, 0.15) is 16.8 Å². The second kappa shape index (κ2) is 6.97. The summed E-state index contributed by atoms with van der Waals surface area (Å²) in [4.78, 5) is 25.9. The Morgan fingerprint density at radius 3 is 2.88 bits per heavy atom. The van der Waals surface area contributed by atoms with Crippen molar-refractivity contribution in [3.8, 4) is 11.4 Å². The number of hydrogen-bond donors (Lipinski definition) is 1. The lowest BCUT2D eigenvalue weighted by Gasteiger charge is -2.27. The lowest BCUT2D eigenvalue weighted by Crippen LogP contribution is -2.35. The van der Waals surface area contributed by atoms with Crippen LogP contribution in [-0.2, 0) is 19.5 Å². The average molecular weight is 371 g/mol. The number of halogens is 2. The highest BCUT2D eigenvalue weighted by molar-refractivity contribution is 6.30. The van der Waals surface area contributed by atoms with Crippen molar-refractivity contribution in [3.63, 3.8) is 0 Å². The van der Waals surface area contributed by atoms with Crippen LogP contribution in [0.5, 0.6) is 0 Å². The van der Waals surface area contributed by atoms with Gasteiger partial charge in [-0.15, -0.1) is 0 Å². The number of aromatic nitrogens is 3. The first-order chi connectivity index (χ1) is 12.6. The van der Waals surface area contributed by atoms with E-state index in [0.717, 1.165) is 17.5 Å². The van der Waals surface area contributed by atoms with Crippen LogP contribution in [0.2, 0.25) is 5.15 Å². The van der Waals surface area contributed by atoms with E-state index in [0.29, 0.717) is 43.0 Å². The third-order valence-electron chi connectivity index (χ3n) is 4.47. The van der Waals surface area contributed by atoms with E-state index in [-0.39, 0.29) is 10.7 Å². The third kappa shape index (κ3) is 3.38. The van der Waals surface area contributed by atoms with E-state index < -0.39 is 5.82 Å². The van der Waals surface area contributed by atoms with Crippen LogP contribution < -0.4 is 5.56 Å². The van der Waals surface area contributed by atoms with Crippen molar-refractivity contribution < 1.29 is 4.39 Å². The summed E-state index contributed by atoms with van der Waals surface area (Å²) in [5.41, 5.74) is 2.82. The molecule has 1 N–H and O–H groups in total. The molecule has 2 aromatic heterocycles. The van der Waals surface area contributed by atoms with E-state index in [9.17, 15) is 9.18 Å². The maximum atomic E-state index is 13.4. The molecule has 0 saturated carbocycles. The van der Waals surface area contributed by atoms with Gasteiger partial charge in [0.2, 0.25) is 0 Å². The molecular weight excluding hydrogens is 355 g/mol. The SMILES string of the molecule is O=c1[nH]c(-c2ccccc2)nc2c1CN(Cc1cc(F)cnc1Cl)CC2. The molecule has 26 heavy (non-hydrogen) atoms. The molecule has 0 unspecified atom stereocenters. The van der Waals surface area contributed by atoms with Gasteiger partial charge < -0.3 is 4.98 Å². The van der Waals surface area contributed by atoms with Gasteiger partial charge in [-0.2, -0.15) is 0 Å². The fourth-order valence-corrected chi connectivity index (χ4v) is 3.33. The molecule has 0 spiro atoms. The molecule has 0 fully saturated rings. The Morgan fingerprint density at radius 2 is 2.08 bits per heavy atom. The minimum Gasteiger partial charge on any atom is -0.306 e. The van der Waals surface area contributed by atoms with Crippen LogP contribution in [-0.4, -0.2) is 26.4 Å². The van der Waals surface area contributed by atoms with E-state index in [2.05, 4.69) is 15.0 Å². The van der Waals surface area contributed by atoms with Crippen LogP contribution >= 0.6 is 11.6 Å². The summed E-state index contributed by atoms with van der Waals surface area (Å²) in [6.45, 7) is 1.59. The predicted molar refractivity (Wildman–Crippen MR) is 97.3 cm³/mol. The molecule has 1 aliphatic heterocycles. The van der Waals surface area contributed by atoms with Crippen LogP contribution in [0.15, 0.2) is 47.4 Å². The number of fused-ring (bicyclic) bond motifs is 1. The van der Waals surface area contributed by atoms with Crippen molar-refractivity contribution in [2.24, 2.45) is 0 Å². The Kier molecular flexibility index (Phi) is 4.53. The van der Waals surface area contributed by atoms with E-state index in [4.69, 9.17) is 11.6 Å². The Hall–Kier alpha value is -2.57. The number of nitrogens with one attached hydrogen (secondary N) is 1. The summed E-state index contributed by atoms with van der Waals surface area (Å²) in [7, 11) is 0. The van der Waals surface area contributed by atoms with Gasteiger partial charge in [0.05, 0.1) is 17.5 Å². The molecule has 4 rings (SSSR count). The summed E-state index contributed by atoms with van der Waals surface area (Å²) < 4.78 is 13.4. The van der Waals surface area contributed by atoms with Crippen molar-refractivity contribution in [1.82, 2.24) is 19.9 Å². The molecule has 1 aromatic carbocycles. The first kappa shape index (κ1) is 16.9. The minimum atomic E-state index is -0.422. The number of benzene rings is 1. The largest absolute Gasteiger partial charge is 0.306 e. The molecule has 3 aromatic rings. The van der Waals surface area contributed by atoms with Gasteiger partial charge in [0.25, 0.3) is 5.56 Å². The minimum absolute atomic E-state index is 0.137. The van der Waals surface area contributed by atoms with Gasteiger partial charge in [-0.25, -0.2) is 14.4 Å². The van der Waals surface area contributed by atoms with Crippen LogP contribution in [0.25, 0.3) is 11.4 Å². The van der Waals surface area contributed by atoms with Gasteiger partial charge in [0.15, 0.2) is 0 Å². The van der Waals surface area contributed by atoms with Gasteiger partial charge in [-0.3, -0.25) is 9.69 Å². The lowest BCUT2D eigenvalue weighted by atomic mass is 10.1. The molecule has 0 amide bonds. The lowest BCUT2D eigenvalue weighted by molar-refractivity contribution is 0.241. The molecule has 0 aliphatic carbocycles. The second-order valence-corrected chi connectivity index (χ2v) is 6.63. The molecule has 132 valence electrons. The van der Waals surface area contributed by atoms with E-state index in [1.165, 1.54) is 6.07 Å². The fraction of sp³-hybridized carbons (Fsp3) is 0.211. The topological polar surface area (TPSA) is 61.9 Å². The Morgan fingerprint density at radius 1 is 1.27 bits per heavy atom. The van der Waals surface area contributed by atoms with Crippen LogP contribution in [0, 0.1) is 5.82 Å². The van der Waals surface area contributed by atoms with Crippen molar-refractivity contribution in [3.05, 3.63) is 80.7 Å². The third-order valence-corrected chi connectivity index (χ3v) is 4.81. The standard InChI is InChI=1S/C19H16ClFN4O/c20-17-13(8-14(21)9-22-17)10-25-7-6-16-15(11-25)19(26)24-18(23-16)12-4-2-1-3-5-12/h1-5,8-9H,6-7,10-11H2,(H,23,24,26). The Labute approximate surface area is 154 Å². The smallest absolute Gasteiger partial charge is 0.255 e. The molecule has 1 aliphatic rings. The first-order valence-electron chi connectivity index (χ1n) is 8.30. The average Bonchev–Trinajstić information content (AvgIpc) is 2.66. The van der Waals surface area contributed by atoms with Crippen LogP contribution in [0.3, 0.4) is 0 Å². The molecule has 5 nitrogen and oxygen atoms in total. The Balaban J connectivity index is 1.59. The molecule has 0 saturated heterocycles. The second-order valence-electron chi connectivity index (χ2n) is 6.27. The van der Waals surface area contributed by atoms with Crippen molar-refractivity contribution in [2.45, 2.75) is 19.5 Å². The summed E-state index contributed by atoms with van der Waals surface area (Å²) in [5, 5.41) is 0.281. The number of nitrogens with zero attached hydrogens (tertiary/aromatic N) is 3. The number of hydrogen-bond acceptors (Lipinski definition) is 4. The summed E-state index contributed by atoms with van der Waals surface area (Å²) in [5.74, 6) is 0.161. The number of H-pyrrole nitrogens is 1. The molecule has 0 radical (unpaired) electrons. The van der Waals surface area contributed by atoms with Crippen LogP contribution in [0.4, 0.5) is 4.39 Å². The van der Waals surface area contributed by atoms with E-state index >= 15 is 0 Å². The highest BCUT2D eigenvalue weighted by Crippen LogP contribution is 2.22. The zero-order valence-electron chi connectivity index (χ0n) is 13.9. The van der Waals surface area contributed by atoms with Crippen molar-refractivity contribution in [1.29, 1.82) is 0 Å². The van der Waals surface area contributed by atoms with Gasteiger partial charge >= 0.3 is 0 Å². The molecule has 3 heterocycles. The zero-order chi connectivity index (χ0) is 18.1. The number of pyridine rings is 1. The van der Waals surface area contributed by atoms with Crippen molar-refractivity contribution >= 4 is 11.6 Å². The van der Waals surface area contributed by atoms with E-state index in [1.54, 1.807) is 0 Å².